The van der Waals surface area contributed by atoms with Crippen molar-refractivity contribution in [3.63, 3.8) is 0 Å². The van der Waals surface area contributed by atoms with E-state index in [1.165, 1.54) is 0 Å². The molecule has 0 aromatic heterocycles. The van der Waals surface area contributed by atoms with Crippen LogP contribution in [0.15, 0.2) is 0 Å². The van der Waals surface area contributed by atoms with Gasteiger partial charge in [-0.3, -0.25) is 14.4 Å². The molecule has 9 heteroatoms. The molecule has 0 fully saturated rings. The number of ketones is 1. The van der Waals surface area contributed by atoms with E-state index in [1.54, 1.807) is 14.0 Å². The van der Waals surface area contributed by atoms with Gasteiger partial charge < -0.3 is 31.3 Å². The minimum atomic E-state index is -0.519. The lowest BCUT2D eigenvalue weighted by Gasteiger charge is -2.19. The first-order valence-corrected chi connectivity index (χ1v) is 10.4. The molecule has 0 aliphatic heterocycles. The van der Waals surface area contributed by atoms with Gasteiger partial charge in [-0.15, -0.1) is 0 Å². The molecule has 5 N–H and O–H groups in total. The fourth-order valence-electron chi connectivity index (χ4n) is 2.54. The van der Waals surface area contributed by atoms with Crippen molar-refractivity contribution in [2.75, 3.05) is 13.7 Å². The fourth-order valence-corrected chi connectivity index (χ4v) is 2.54. The molecule has 0 heterocycles. The molecule has 30 heavy (non-hydrogen) atoms. The van der Waals surface area contributed by atoms with Crippen molar-refractivity contribution in [2.45, 2.75) is 78.4 Å². The number of amides is 1. The highest BCUT2D eigenvalue weighted by Crippen LogP contribution is 2.06. The smallest absolute Gasteiger partial charge is 0.323 e. The fraction of sp³-hybridized carbons (Fsp3) is 0.762. The van der Waals surface area contributed by atoms with Crippen molar-refractivity contribution in [3.8, 4) is 0 Å². The van der Waals surface area contributed by atoms with Gasteiger partial charge in [-0.25, -0.2) is 0 Å². The van der Waals surface area contributed by atoms with E-state index < -0.39 is 18.1 Å². The van der Waals surface area contributed by atoms with Crippen molar-refractivity contribution < 1.29 is 23.9 Å². The number of Topliss-reactive ketones (excluding diaryl/α,β-unsaturated/α-hetero) is 1. The van der Waals surface area contributed by atoms with Crippen molar-refractivity contribution in [3.05, 3.63) is 0 Å². The topological polar surface area (TPSA) is 151 Å². The average molecular weight is 429 g/mol. The minimum absolute atomic E-state index is 0.188. The Hall–Kier alpha value is -2.13. The van der Waals surface area contributed by atoms with E-state index in [4.69, 9.17) is 15.9 Å². The highest BCUT2D eigenvalue weighted by atomic mass is 16.5. The Morgan fingerprint density at radius 2 is 1.67 bits per heavy atom. The van der Waals surface area contributed by atoms with Crippen LogP contribution in [0.25, 0.3) is 0 Å². The summed E-state index contributed by atoms with van der Waals surface area (Å²) >= 11 is 0. The predicted molar refractivity (Wildman–Crippen MR) is 117 cm³/mol. The van der Waals surface area contributed by atoms with Crippen LogP contribution in [0.3, 0.4) is 0 Å². The van der Waals surface area contributed by atoms with Crippen molar-refractivity contribution in [2.24, 2.45) is 17.6 Å². The summed E-state index contributed by atoms with van der Waals surface area (Å²) in [6, 6.07) is -1.39. The van der Waals surface area contributed by atoms with E-state index >= 15 is 0 Å². The first kappa shape index (κ1) is 30.1. The van der Waals surface area contributed by atoms with Gasteiger partial charge in [0.05, 0.1) is 24.9 Å². The van der Waals surface area contributed by atoms with E-state index in [-0.39, 0.29) is 24.1 Å². The van der Waals surface area contributed by atoms with E-state index in [2.05, 4.69) is 10.6 Å². The Balaban J connectivity index is 0. The summed E-state index contributed by atoms with van der Waals surface area (Å²) in [6.07, 6.45) is 3.39. The van der Waals surface area contributed by atoms with Gasteiger partial charge in [0.15, 0.2) is 5.78 Å². The third kappa shape index (κ3) is 15.8. The highest BCUT2D eigenvalue weighted by molar-refractivity contribution is 6.26. The molecule has 0 saturated carbocycles. The second-order valence-corrected chi connectivity index (χ2v) is 7.86. The van der Waals surface area contributed by atoms with Crippen LogP contribution in [0, 0.1) is 17.2 Å². The van der Waals surface area contributed by atoms with E-state index in [0.717, 1.165) is 12.5 Å². The quantitative estimate of drug-likeness (QED) is 0.184. The van der Waals surface area contributed by atoms with E-state index in [9.17, 15) is 19.2 Å². The first-order valence-electron chi connectivity index (χ1n) is 10.4. The predicted octanol–water partition coefficient (Wildman–Crippen LogP) is 1.23. The number of hydrogen-bond acceptors (Lipinski definition) is 8. The lowest BCUT2D eigenvalue weighted by Crippen LogP contribution is -2.46. The SMILES string of the molecule is CC(C)CC(C=O)NC(=O)C(N)CC(C)C.CCOC(=O)C(CCC(=O)C=N)NC. The largest absolute Gasteiger partial charge is 0.465 e. The number of esters is 1. The molecule has 0 saturated heterocycles. The monoisotopic (exact) mass is 428 g/mol. The molecule has 9 nitrogen and oxygen atoms in total. The normalized spacial score (nSPS) is 13.5. The van der Waals surface area contributed by atoms with Crippen LogP contribution < -0.4 is 16.4 Å². The van der Waals surface area contributed by atoms with Crippen LogP contribution in [0.2, 0.25) is 0 Å². The molecule has 0 rings (SSSR count). The Morgan fingerprint density at radius 1 is 1.10 bits per heavy atom. The molecule has 3 atom stereocenters. The molecule has 0 aliphatic rings. The van der Waals surface area contributed by atoms with Gasteiger partial charge >= 0.3 is 5.97 Å². The number of nitrogens with one attached hydrogen (secondary N) is 3. The van der Waals surface area contributed by atoms with Gasteiger partial charge in [0.2, 0.25) is 5.91 Å². The van der Waals surface area contributed by atoms with Crippen LogP contribution in [-0.2, 0) is 23.9 Å². The Morgan fingerprint density at radius 3 is 2.07 bits per heavy atom. The van der Waals surface area contributed by atoms with Crippen LogP contribution in [0.5, 0.6) is 0 Å². The molecule has 0 aromatic rings. The maximum atomic E-state index is 11.6. The Bertz CT molecular complexity index is 537. The standard InChI is InChI=1S/C12H24N2O2.C9H16N2O3/c1-8(2)5-10(7-15)14-12(16)11(13)6-9(3)4;1-3-14-9(13)8(11-2)5-4-7(12)6-10/h7-11H,5-6,13H2,1-4H3,(H,14,16);6,8,10-11H,3-5H2,1-2H3. The molecule has 0 bridgehead atoms. The Kier molecular flexibility index (Phi) is 17.7. The van der Waals surface area contributed by atoms with Gasteiger partial charge in [0.1, 0.15) is 12.3 Å². The molecule has 3 unspecified atom stereocenters. The number of aldehydes is 1. The second-order valence-electron chi connectivity index (χ2n) is 7.86. The molecular formula is C21H40N4O5. The van der Waals surface area contributed by atoms with Gasteiger partial charge in [0, 0.05) is 6.42 Å². The minimum Gasteiger partial charge on any atom is -0.465 e. The number of nitrogens with two attached hydrogens (primary N) is 1. The zero-order valence-corrected chi connectivity index (χ0v) is 19.2. The third-order valence-corrected chi connectivity index (χ3v) is 4.04. The summed E-state index contributed by atoms with van der Waals surface area (Å²) < 4.78 is 4.79. The van der Waals surface area contributed by atoms with Crippen LogP contribution in [0.4, 0.5) is 0 Å². The van der Waals surface area contributed by atoms with E-state index in [0.29, 0.717) is 37.7 Å². The lowest BCUT2D eigenvalue weighted by molar-refractivity contribution is -0.145. The summed E-state index contributed by atoms with van der Waals surface area (Å²) in [4.78, 5) is 44.4. The molecule has 0 radical (unpaired) electrons. The highest BCUT2D eigenvalue weighted by Gasteiger charge is 2.19. The zero-order chi connectivity index (χ0) is 23.7. The molecule has 0 aromatic carbocycles. The van der Waals surface area contributed by atoms with Crippen molar-refractivity contribution in [1.29, 1.82) is 5.41 Å². The number of ether oxygens (including phenoxy) is 1. The maximum Gasteiger partial charge on any atom is 0.323 e. The van der Waals surface area contributed by atoms with Crippen LogP contribution >= 0.6 is 0 Å². The second kappa shape index (κ2) is 17.7. The lowest BCUT2D eigenvalue weighted by atomic mass is 10.0. The number of rotatable bonds is 14. The summed E-state index contributed by atoms with van der Waals surface area (Å²) in [5.74, 6) is -0.119. The summed E-state index contributed by atoms with van der Waals surface area (Å²) in [5.41, 5.74) is 5.72. The van der Waals surface area contributed by atoms with Gasteiger partial charge in [0.25, 0.3) is 0 Å². The molecular weight excluding hydrogens is 388 g/mol. The Labute approximate surface area is 180 Å². The van der Waals surface area contributed by atoms with Crippen LogP contribution in [-0.4, -0.2) is 61.9 Å². The summed E-state index contributed by atoms with van der Waals surface area (Å²) in [7, 11) is 1.64. The molecule has 174 valence electrons. The van der Waals surface area contributed by atoms with E-state index in [1.807, 2.05) is 27.7 Å². The molecule has 1 amide bonds. The number of carbonyl (C=O) groups is 4. The number of likely N-dealkylation sites (N-methyl/N-ethyl adjacent to an activating group) is 1. The van der Waals surface area contributed by atoms with Gasteiger partial charge in [-0.2, -0.15) is 0 Å². The zero-order valence-electron chi connectivity index (χ0n) is 19.2. The average Bonchev–Trinajstić information content (AvgIpc) is 2.67. The molecule has 0 spiro atoms. The number of hydrogen-bond donors (Lipinski definition) is 4. The van der Waals surface area contributed by atoms with Crippen LogP contribution in [0.1, 0.15) is 60.3 Å². The van der Waals surface area contributed by atoms with Crippen molar-refractivity contribution in [1.82, 2.24) is 10.6 Å². The third-order valence-electron chi connectivity index (χ3n) is 4.04. The maximum absolute atomic E-state index is 11.6. The van der Waals surface area contributed by atoms with Gasteiger partial charge in [-0.1, -0.05) is 27.7 Å². The summed E-state index contributed by atoms with van der Waals surface area (Å²) in [5, 5.41) is 12.1. The summed E-state index contributed by atoms with van der Waals surface area (Å²) in [6.45, 7) is 10.1. The van der Waals surface area contributed by atoms with Gasteiger partial charge in [-0.05, 0) is 45.1 Å². The first-order chi connectivity index (χ1) is 14.0. The molecule has 0 aliphatic carbocycles. The number of carbonyl (C=O) groups excluding carboxylic acids is 4. The van der Waals surface area contributed by atoms with Crippen molar-refractivity contribution >= 4 is 30.2 Å².